The fourth-order valence-corrected chi connectivity index (χ4v) is 6.52. The zero-order valence-electron chi connectivity index (χ0n) is 20.2. The molecule has 0 bridgehead atoms. The van der Waals surface area contributed by atoms with Crippen LogP contribution in [0.2, 0.25) is 0 Å². The predicted octanol–water partition coefficient (Wildman–Crippen LogP) is 8.19. The molecule has 3 heteroatoms. The van der Waals surface area contributed by atoms with Gasteiger partial charge >= 0.3 is 0 Å². The zero-order chi connectivity index (χ0) is 24.0. The molecule has 0 atom stereocenters. The Hall–Kier alpha value is -4.50. The minimum absolute atomic E-state index is 0.113. The summed E-state index contributed by atoms with van der Waals surface area (Å²) in [5.41, 5.74) is 9.60. The van der Waals surface area contributed by atoms with E-state index in [1.54, 1.807) is 6.33 Å². The van der Waals surface area contributed by atoms with E-state index in [4.69, 9.17) is 4.98 Å². The minimum Gasteiger partial charge on any atom is -0.306 e. The largest absolute Gasteiger partial charge is 0.306 e. The highest BCUT2D eigenvalue weighted by Crippen LogP contribution is 2.52. The van der Waals surface area contributed by atoms with Crippen LogP contribution in [-0.4, -0.2) is 14.5 Å². The van der Waals surface area contributed by atoms with Crippen molar-refractivity contribution < 1.29 is 0 Å². The smallest absolute Gasteiger partial charge is 0.116 e. The normalized spacial score (nSPS) is 14.1. The molecule has 0 unspecified atom stereocenters. The third-order valence-corrected chi connectivity index (χ3v) is 8.10. The van der Waals surface area contributed by atoms with Gasteiger partial charge in [-0.15, -0.1) is 0 Å². The molecule has 1 aliphatic carbocycles. The molecule has 170 valence electrons. The summed E-state index contributed by atoms with van der Waals surface area (Å²) in [5, 5.41) is 6.27. The Kier molecular flexibility index (Phi) is 3.73. The summed E-state index contributed by atoms with van der Waals surface area (Å²) in [6.07, 6.45) is 3.63. The molecular weight excluding hydrogens is 438 g/mol. The van der Waals surface area contributed by atoms with E-state index in [2.05, 4.69) is 114 Å². The monoisotopic (exact) mass is 461 g/mol. The summed E-state index contributed by atoms with van der Waals surface area (Å²) < 4.78 is 2.33. The Balaban J connectivity index is 1.47. The second-order valence-corrected chi connectivity index (χ2v) is 10.3. The summed E-state index contributed by atoms with van der Waals surface area (Å²) in [5.74, 6) is 0. The third-order valence-electron chi connectivity index (χ3n) is 8.10. The van der Waals surface area contributed by atoms with E-state index in [1.807, 2.05) is 6.20 Å². The van der Waals surface area contributed by atoms with Crippen LogP contribution in [-0.2, 0) is 5.41 Å². The number of hydrogen-bond acceptors (Lipinski definition) is 2. The summed E-state index contributed by atoms with van der Waals surface area (Å²) >= 11 is 0. The van der Waals surface area contributed by atoms with Gasteiger partial charge in [0.25, 0.3) is 0 Å². The van der Waals surface area contributed by atoms with Gasteiger partial charge in [-0.3, -0.25) is 0 Å². The first-order valence-corrected chi connectivity index (χ1v) is 12.4. The van der Waals surface area contributed by atoms with Gasteiger partial charge in [-0.1, -0.05) is 86.6 Å². The van der Waals surface area contributed by atoms with Crippen molar-refractivity contribution in [1.29, 1.82) is 0 Å². The molecule has 8 rings (SSSR count). The quantitative estimate of drug-likeness (QED) is 0.231. The van der Waals surface area contributed by atoms with E-state index in [0.29, 0.717) is 0 Å². The van der Waals surface area contributed by atoms with Crippen LogP contribution >= 0.6 is 0 Å². The van der Waals surface area contributed by atoms with Crippen molar-refractivity contribution in [2.45, 2.75) is 19.3 Å². The van der Waals surface area contributed by atoms with Gasteiger partial charge in [0.2, 0.25) is 0 Å². The third kappa shape index (κ3) is 2.42. The van der Waals surface area contributed by atoms with E-state index in [-0.39, 0.29) is 5.41 Å². The van der Waals surface area contributed by atoms with E-state index in [1.165, 1.54) is 54.7 Å². The van der Waals surface area contributed by atoms with Crippen molar-refractivity contribution in [3.05, 3.63) is 115 Å². The van der Waals surface area contributed by atoms with Crippen LogP contribution in [0.15, 0.2) is 104 Å². The van der Waals surface area contributed by atoms with Crippen LogP contribution in [0.3, 0.4) is 0 Å². The van der Waals surface area contributed by atoms with Gasteiger partial charge in [0.1, 0.15) is 11.8 Å². The van der Waals surface area contributed by atoms with E-state index < -0.39 is 0 Å². The van der Waals surface area contributed by atoms with Crippen LogP contribution in [0.5, 0.6) is 0 Å². The average molecular weight is 462 g/mol. The van der Waals surface area contributed by atoms with Gasteiger partial charge in [-0.2, -0.15) is 0 Å². The maximum atomic E-state index is 4.83. The second-order valence-electron chi connectivity index (χ2n) is 10.3. The Labute approximate surface area is 208 Å². The Morgan fingerprint density at radius 1 is 0.694 bits per heavy atom. The molecule has 0 fully saturated rings. The van der Waals surface area contributed by atoms with Crippen molar-refractivity contribution >= 4 is 43.5 Å². The fraction of sp³-hybridized carbons (Fsp3) is 0.0909. The van der Waals surface area contributed by atoms with Gasteiger partial charge in [-0.05, 0) is 62.0 Å². The molecule has 36 heavy (non-hydrogen) atoms. The van der Waals surface area contributed by atoms with Crippen LogP contribution in [0, 0.1) is 0 Å². The van der Waals surface area contributed by atoms with Crippen LogP contribution < -0.4 is 0 Å². The second kappa shape index (κ2) is 6.79. The summed E-state index contributed by atoms with van der Waals surface area (Å²) in [6, 6.07) is 33.1. The first-order valence-electron chi connectivity index (χ1n) is 12.4. The topological polar surface area (TPSA) is 30.7 Å². The summed E-state index contributed by atoms with van der Waals surface area (Å²) in [4.78, 5) is 9.27. The maximum Gasteiger partial charge on any atom is 0.116 e. The van der Waals surface area contributed by atoms with Crippen LogP contribution in [0.25, 0.3) is 60.3 Å². The van der Waals surface area contributed by atoms with Crippen LogP contribution in [0.1, 0.15) is 25.0 Å². The highest BCUT2D eigenvalue weighted by molar-refractivity contribution is 6.13. The van der Waals surface area contributed by atoms with Crippen molar-refractivity contribution in [2.75, 3.05) is 0 Å². The number of fused-ring (bicyclic) bond motifs is 10. The maximum absolute atomic E-state index is 4.83. The lowest BCUT2D eigenvalue weighted by atomic mass is 9.81. The van der Waals surface area contributed by atoms with Gasteiger partial charge in [-0.25, -0.2) is 9.97 Å². The SMILES string of the molecule is CC1(C)c2ccccc2-c2ccc3c(c21)c1ncncc1n3-c1ccc2c(ccc3ccccc32)c1. The number of aromatic nitrogens is 3. The van der Waals surface area contributed by atoms with E-state index in [9.17, 15) is 0 Å². The summed E-state index contributed by atoms with van der Waals surface area (Å²) in [7, 11) is 0. The molecule has 5 aromatic carbocycles. The van der Waals surface area contributed by atoms with Crippen molar-refractivity contribution in [3.8, 4) is 16.8 Å². The lowest BCUT2D eigenvalue weighted by Crippen LogP contribution is -2.15. The predicted molar refractivity (Wildman–Crippen MR) is 149 cm³/mol. The number of rotatable bonds is 1. The van der Waals surface area contributed by atoms with Crippen molar-refractivity contribution in [3.63, 3.8) is 0 Å². The molecule has 0 N–H and O–H groups in total. The molecule has 0 radical (unpaired) electrons. The number of benzene rings is 5. The Morgan fingerprint density at radius 3 is 2.44 bits per heavy atom. The molecule has 1 aliphatic rings. The van der Waals surface area contributed by atoms with E-state index >= 15 is 0 Å². The molecule has 7 aromatic rings. The Morgan fingerprint density at radius 2 is 1.50 bits per heavy atom. The molecule has 3 nitrogen and oxygen atoms in total. The molecular formula is C33H23N3. The lowest BCUT2D eigenvalue weighted by Gasteiger charge is -2.22. The first kappa shape index (κ1) is 19.8. The Bertz CT molecular complexity index is 2030. The standard InChI is InChI=1S/C33H23N3/c1-33(2)27-10-6-5-9-25(27)26-15-16-28-30(31(26)33)32-29(18-34-19-35-32)36(28)22-13-14-24-21(17-22)12-11-20-7-3-4-8-23(20)24/h3-19H,1-2H3. The highest BCUT2D eigenvalue weighted by Gasteiger charge is 2.38. The van der Waals surface area contributed by atoms with Gasteiger partial charge in [0.05, 0.1) is 17.2 Å². The molecule has 0 aliphatic heterocycles. The van der Waals surface area contributed by atoms with Gasteiger partial charge in [0, 0.05) is 16.5 Å². The summed E-state index contributed by atoms with van der Waals surface area (Å²) in [6.45, 7) is 4.67. The molecule has 0 amide bonds. The molecule has 0 saturated heterocycles. The number of hydrogen-bond donors (Lipinski definition) is 0. The zero-order valence-corrected chi connectivity index (χ0v) is 20.2. The van der Waals surface area contributed by atoms with Crippen molar-refractivity contribution in [1.82, 2.24) is 14.5 Å². The fourth-order valence-electron chi connectivity index (χ4n) is 6.52. The first-order chi connectivity index (χ1) is 17.6. The number of nitrogens with zero attached hydrogens (tertiary/aromatic N) is 3. The van der Waals surface area contributed by atoms with Crippen molar-refractivity contribution in [2.24, 2.45) is 0 Å². The van der Waals surface area contributed by atoms with Gasteiger partial charge < -0.3 is 4.57 Å². The van der Waals surface area contributed by atoms with E-state index in [0.717, 1.165) is 16.7 Å². The highest BCUT2D eigenvalue weighted by atomic mass is 15.0. The lowest BCUT2D eigenvalue weighted by molar-refractivity contribution is 0.666. The molecule has 2 aromatic heterocycles. The van der Waals surface area contributed by atoms with Crippen LogP contribution in [0.4, 0.5) is 0 Å². The molecule has 0 spiro atoms. The average Bonchev–Trinajstić information content (AvgIpc) is 3.37. The minimum atomic E-state index is -0.113. The molecule has 2 heterocycles. The molecule has 0 saturated carbocycles. The van der Waals surface area contributed by atoms with Gasteiger partial charge in [0.15, 0.2) is 0 Å².